The lowest BCUT2D eigenvalue weighted by molar-refractivity contribution is 0.183. The van der Waals surface area contributed by atoms with E-state index in [1.807, 2.05) is 37.8 Å². The number of hydrogen-bond donors (Lipinski definition) is 4. The zero-order valence-electron chi connectivity index (χ0n) is 15.2. The predicted octanol–water partition coefficient (Wildman–Crippen LogP) is 3.90. The van der Waals surface area contributed by atoms with Crippen molar-refractivity contribution in [3.63, 3.8) is 0 Å². The zero-order chi connectivity index (χ0) is 20.8. The van der Waals surface area contributed by atoms with Crippen LogP contribution in [0.15, 0.2) is 23.1 Å². The van der Waals surface area contributed by atoms with E-state index in [1.165, 1.54) is 0 Å². The van der Waals surface area contributed by atoms with Crippen LogP contribution in [-0.2, 0) is 13.6 Å². The van der Waals surface area contributed by atoms with Crippen molar-refractivity contribution in [2.45, 2.75) is 49.1 Å². The summed E-state index contributed by atoms with van der Waals surface area (Å²) in [4.78, 5) is 34.6. The number of fused-ring (bicyclic) bond motifs is 1. The van der Waals surface area contributed by atoms with E-state index in [1.54, 1.807) is 0 Å². The molecule has 0 fully saturated rings. The Bertz CT molecular complexity index is 678. The van der Waals surface area contributed by atoms with Crippen LogP contribution >= 0.6 is 37.5 Å². The summed E-state index contributed by atoms with van der Waals surface area (Å²) in [5.41, 5.74) is 0.927. The van der Waals surface area contributed by atoms with Gasteiger partial charge in [0.05, 0.1) is 6.61 Å². The lowest BCUT2D eigenvalue weighted by Crippen LogP contribution is -2.33. The van der Waals surface area contributed by atoms with E-state index in [2.05, 4.69) is 0 Å². The van der Waals surface area contributed by atoms with Crippen molar-refractivity contribution in [1.29, 1.82) is 0 Å². The molecule has 27 heavy (non-hydrogen) atoms. The van der Waals surface area contributed by atoms with Gasteiger partial charge in [-0.3, -0.25) is 9.13 Å². The first-order chi connectivity index (χ1) is 12.3. The Labute approximate surface area is 169 Å². The second-order valence-electron chi connectivity index (χ2n) is 6.87. The van der Waals surface area contributed by atoms with Crippen LogP contribution in [0.3, 0.4) is 0 Å². The summed E-state index contributed by atoms with van der Waals surface area (Å²) in [5, 5.41) is 0. The monoisotopic (exact) mass is 478 g/mol. The van der Waals surface area contributed by atoms with Gasteiger partial charge in [-0.25, -0.2) is 0 Å². The normalized spacial score (nSPS) is 18.2. The molecule has 0 aliphatic carbocycles. The molecule has 0 saturated heterocycles. The van der Waals surface area contributed by atoms with Crippen molar-refractivity contribution in [3.05, 3.63) is 23.8 Å². The quantitative estimate of drug-likeness (QED) is 0.354. The molecule has 0 bridgehead atoms. The highest BCUT2D eigenvalue weighted by atomic mass is 35.7. The fraction of sp³-hybridized carbons (Fsp3) is 0.571. The molecular weight excluding hydrogens is 454 g/mol. The van der Waals surface area contributed by atoms with E-state index in [0.717, 1.165) is 27.2 Å². The lowest BCUT2D eigenvalue weighted by atomic mass is 9.90. The summed E-state index contributed by atoms with van der Waals surface area (Å²) >= 11 is 0. The van der Waals surface area contributed by atoms with Gasteiger partial charge in [0.15, 0.2) is 8.32 Å². The van der Waals surface area contributed by atoms with Crippen LogP contribution in [0.1, 0.15) is 24.3 Å². The van der Waals surface area contributed by atoms with Crippen molar-refractivity contribution in [1.82, 2.24) is 0 Å². The molecule has 0 saturated carbocycles. The van der Waals surface area contributed by atoms with Gasteiger partial charge in [-0.05, 0) is 72.2 Å². The van der Waals surface area contributed by atoms with Crippen LogP contribution in [0, 0.1) is 0 Å². The Morgan fingerprint density at radius 1 is 1.41 bits per heavy atom. The standard InChI is InChI=1S/C14H22ClO5PSSi.H3O3P/c1-23(2,3)20-13(21(16,17)18)9-10-7-8-19-11-5-4-6-12(22-15)14(10)11;1-4(2)3/h4-6,10,13H,7-9H2,1-3H3,(H2,16,17,18);4H,(H2,1,2,3). The number of benzene rings is 1. The van der Waals surface area contributed by atoms with Crippen LogP contribution in [0.25, 0.3) is 0 Å². The summed E-state index contributed by atoms with van der Waals surface area (Å²) in [5.74, 6) is -0.391. The SMILES string of the molecule is C[Si](C)(C)OC(CC1CCOc2cccc(SCl)c21)P(=O)(O)O.O=[PH](O)O. The molecule has 0 radical (unpaired) electrons. The predicted molar refractivity (Wildman–Crippen MR) is 109 cm³/mol. The van der Waals surface area contributed by atoms with Gasteiger partial charge in [0.25, 0.3) is 0 Å². The third kappa shape index (κ3) is 9.00. The molecule has 8 nitrogen and oxygen atoms in total. The fourth-order valence-electron chi connectivity index (χ4n) is 2.72. The maximum atomic E-state index is 11.9. The molecule has 1 aromatic carbocycles. The van der Waals surface area contributed by atoms with Crippen molar-refractivity contribution in [2.75, 3.05) is 6.61 Å². The molecule has 0 amide bonds. The molecule has 1 aliphatic rings. The Hall–Kier alpha value is 0.137. The Balaban J connectivity index is 0.000000828. The maximum absolute atomic E-state index is 11.9. The molecule has 13 heteroatoms. The third-order valence-electron chi connectivity index (χ3n) is 3.59. The minimum absolute atomic E-state index is 0.0461. The average Bonchev–Trinajstić information content (AvgIpc) is 2.51. The van der Waals surface area contributed by atoms with Crippen molar-refractivity contribution in [3.8, 4) is 5.75 Å². The minimum atomic E-state index is -4.34. The molecule has 4 N–H and O–H groups in total. The van der Waals surface area contributed by atoms with Gasteiger partial charge in [-0.2, -0.15) is 0 Å². The molecule has 2 unspecified atom stereocenters. The van der Waals surface area contributed by atoms with Crippen LogP contribution in [0.2, 0.25) is 19.6 Å². The second kappa shape index (κ2) is 10.8. The number of hydrogen-bond acceptors (Lipinski definition) is 5. The molecular formula is C14H25ClO8P2SSi. The van der Waals surface area contributed by atoms with Gasteiger partial charge in [0.2, 0.25) is 0 Å². The van der Waals surface area contributed by atoms with E-state index in [0.29, 0.717) is 13.0 Å². The van der Waals surface area contributed by atoms with E-state index in [9.17, 15) is 14.4 Å². The average molecular weight is 479 g/mol. The zero-order valence-corrected chi connectivity index (χ0v) is 19.6. The van der Waals surface area contributed by atoms with Crippen molar-refractivity contribution >= 4 is 45.8 Å². The molecule has 1 aliphatic heterocycles. The summed E-state index contributed by atoms with van der Waals surface area (Å²) in [6.07, 6.45) is 0.951. The van der Waals surface area contributed by atoms with E-state index >= 15 is 0 Å². The Morgan fingerprint density at radius 2 is 2.00 bits per heavy atom. The highest BCUT2D eigenvalue weighted by Gasteiger charge is 2.38. The first kappa shape index (κ1) is 25.2. The van der Waals surface area contributed by atoms with E-state index in [4.69, 9.17) is 34.2 Å². The van der Waals surface area contributed by atoms with Crippen LogP contribution in [0.4, 0.5) is 0 Å². The number of halogens is 1. The number of ether oxygens (including phenoxy) is 1. The van der Waals surface area contributed by atoms with Gasteiger partial charge in [-0.15, -0.1) is 0 Å². The minimum Gasteiger partial charge on any atom is -0.493 e. The summed E-state index contributed by atoms with van der Waals surface area (Å²) in [6, 6.07) is 5.62. The van der Waals surface area contributed by atoms with Crippen molar-refractivity contribution in [2.24, 2.45) is 0 Å². The van der Waals surface area contributed by atoms with Crippen LogP contribution in [0.5, 0.6) is 5.75 Å². The smallest absolute Gasteiger partial charge is 0.352 e. The molecule has 1 heterocycles. The molecule has 2 atom stereocenters. The van der Waals surface area contributed by atoms with Crippen molar-refractivity contribution < 1.29 is 37.9 Å². The summed E-state index contributed by atoms with van der Waals surface area (Å²) in [7, 11) is -2.51. The highest BCUT2D eigenvalue weighted by Crippen LogP contribution is 2.51. The van der Waals surface area contributed by atoms with Gasteiger partial charge in [-0.1, -0.05) is 6.07 Å². The fourth-order valence-corrected chi connectivity index (χ4v) is 6.54. The topological polar surface area (TPSA) is 134 Å². The van der Waals surface area contributed by atoms with Crippen LogP contribution < -0.4 is 4.74 Å². The summed E-state index contributed by atoms with van der Waals surface area (Å²) in [6.45, 7) is 6.30. The largest absolute Gasteiger partial charge is 0.493 e. The molecule has 0 aromatic heterocycles. The maximum Gasteiger partial charge on any atom is 0.352 e. The van der Waals surface area contributed by atoms with E-state index < -0.39 is 30.0 Å². The first-order valence-electron chi connectivity index (χ1n) is 8.04. The Kier molecular flexibility index (Phi) is 10.1. The lowest BCUT2D eigenvalue weighted by Gasteiger charge is -2.33. The third-order valence-corrected chi connectivity index (χ3v) is 6.87. The second-order valence-corrected chi connectivity index (χ2v) is 14.7. The van der Waals surface area contributed by atoms with Gasteiger partial charge < -0.3 is 28.7 Å². The molecule has 0 spiro atoms. The van der Waals surface area contributed by atoms with Gasteiger partial charge in [0, 0.05) is 10.5 Å². The van der Waals surface area contributed by atoms with E-state index in [-0.39, 0.29) is 12.3 Å². The Morgan fingerprint density at radius 3 is 2.48 bits per heavy atom. The molecule has 156 valence electrons. The summed E-state index contributed by atoms with van der Waals surface area (Å²) < 4.78 is 32.1. The van der Waals surface area contributed by atoms with Gasteiger partial charge in [0.1, 0.15) is 11.6 Å². The molecule has 2 rings (SSSR count). The number of rotatable bonds is 6. The highest BCUT2D eigenvalue weighted by molar-refractivity contribution is 8.21. The van der Waals surface area contributed by atoms with Crippen LogP contribution in [-0.4, -0.2) is 40.3 Å². The van der Waals surface area contributed by atoms with Gasteiger partial charge >= 0.3 is 15.9 Å². The molecule has 1 aromatic rings. The first-order valence-corrected chi connectivity index (χ1v) is 16.1.